The Morgan fingerprint density at radius 3 is 1.12 bits per heavy atom. The van der Waals surface area contributed by atoms with E-state index in [1.807, 2.05) is 0 Å². The van der Waals surface area contributed by atoms with Crippen LogP contribution in [0.2, 0.25) is 0 Å². The van der Waals surface area contributed by atoms with Crippen molar-refractivity contribution in [2.45, 2.75) is 9.79 Å². The zero-order chi connectivity index (χ0) is 41.8. The van der Waals surface area contributed by atoms with Gasteiger partial charge in [0.05, 0.1) is 73.6 Å². The number of benzene rings is 6. The van der Waals surface area contributed by atoms with E-state index in [4.69, 9.17) is 10.2 Å². The number of carboxylic acids is 2. The van der Waals surface area contributed by atoms with Crippen molar-refractivity contribution in [2.75, 3.05) is 0 Å². The van der Waals surface area contributed by atoms with Crippen molar-refractivity contribution < 1.29 is 43.1 Å². The van der Waals surface area contributed by atoms with Gasteiger partial charge in [-0.1, -0.05) is 24.3 Å². The molecule has 0 saturated carbocycles. The molecule has 0 atom stereocenters. The van der Waals surface area contributed by atoms with Crippen LogP contribution in [0.3, 0.4) is 0 Å². The number of aromatic carboxylic acids is 2. The van der Waals surface area contributed by atoms with Crippen molar-refractivity contribution in [3.63, 3.8) is 0 Å². The van der Waals surface area contributed by atoms with Gasteiger partial charge in [0.1, 0.15) is 10.9 Å². The largest absolute Gasteiger partial charge is 0.478 e. The van der Waals surface area contributed by atoms with E-state index in [0.29, 0.717) is 62.3 Å². The molecule has 0 aromatic heterocycles. The van der Waals surface area contributed by atoms with E-state index in [-0.39, 0.29) is 27.3 Å². The molecule has 0 fully saturated rings. The first-order valence-corrected chi connectivity index (χ1v) is 19.2. The first-order chi connectivity index (χ1) is 28.4. The SMILES string of the molecule is O=C(O)c1ccc(N=Nc2ccc(N=Nc3ccc(C=Cc4ccc(N=Nc5ccc(N=Nc6ccc(C(=O)O)cc6)cc5)cc4S(O)(O)O)c(SOO)c3)cc2)cc1. The summed E-state index contributed by atoms with van der Waals surface area (Å²) in [4.78, 5) is 22.3. The molecule has 6 aromatic rings. The number of rotatable bonds is 15. The number of carboxylic acid groups (broad SMARTS) is 2. The molecule has 6 N–H and O–H groups in total. The second-order valence-electron chi connectivity index (χ2n) is 12.0. The normalized spacial score (nSPS) is 12.4. The molecule has 19 heteroatoms. The molecular weight excluding hydrogens is 801 g/mol. The number of azo groups is 4. The van der Waals surface area contributed by atoms with Gasteiger partial charge >= 0.3 is 11.9 Å². The highest BCUT2D eigenvalue weighted by molar-refractivity contribution is 8.19. The summed E-state index contributed by atoms with van der Waals surface area (Å²) in [6.45, 7) is 0. The van der Waals surface area contributed by atoms with Gasteiger partial charge in [-0.05, 0) is 132 Å². The molecule has 0 spiro atoms. The Bertz CT molecular complexity index is 2600. The minimum absolute atomic E-state index is 0.140. The Morgan fingerprint density at radius 2 is 0.763 bits per heavy atom. The van der Waals surface area contributed by atoms with E-state index in [0.717, 1.165) is 0 Å². The van der Waals surface area contributed by atoms with Crippen LogP contribution in [0.15, 0.2) is 184 Å². The predicted molar refractivity (Wildman–Crippen MR) is 222 cm³/mol. The Labute approximate surface area is 340 Å². The quantitative estimate of drug-likeness (QED) is 0.0187. The molecule has 0 heterocycles. The lowest BCUT2D eigenvalue weighted by Crippen LogP contribution is -1.98. The van der Waals surface area contributed by atoms with Crippen molar-refractivity contribution in [1.82, 2.24) is 0 Å². The summed E-state index contributed by atoms with van der Waals surface area (Å²) >= 11 is 0.652. The number of carbonyl (C=O) groups is 2. The first kappa shape index (κ1) is 41.5. The van der Waals surface area contributed by atoms with Gasteiger partial charge in [0.15, 0.2) is 0 Å². The molecule has 0 unspecified atom stereocenters. The third kappa shape index (κ3) is 12.0. The van der Waals surface area contributed by atoms with Gasteiger partial charge in [-0.3, -0.25) is 0 Å². The van der Waals surface area contributed by atoms with Gasteiger partial charge in [-0.2, -0.15) is 45.2 Å². The Morgan fingerprint density at radius 1 is 0.458 bits per heavy atom. The second-order valence-corrected chi connectivity index (χ2v) is 14.2. The predicted octanol–water partition coefficient (Wildman–Crippen LogP) is 14.0. The lowest BCUT2D eigenvalue weighted by Gasteiger charge is -2.21. The van der Waals surface area contributed by atoms with Crippen molar-refractivity contribution in [3.8, 4) is 0 Å². The summed E-state index contributed by atoms with van der Waals surface area (Å²) in [5, 5.41) is 60.6. The molecule has 0 bridgehead atoms. The maximum atomic E-state index is 11.0. The smallest absolute Gasteiger partial charge is 0.335 e. The number of hydrogen-bond acceptors (Lipinski definition) is 16. The lowest BCUT2D eigenvalue weighted by atomic mass is 10.1. The molecule has 0 radical (unpaired) electrons. The van der Waals surface area contributed by atoms with Gasteiger partial charge in [0, 0.05) is 4.90 Å². The summed E-state index contributed by atoms with van der Waals surface area (Å²) in [6.07, 6.45) is 3.15. The minimum Gasteiger partial charge on any atom is -0.478 e. The van der Waals surface area contributed by atoms with Crippen LogP contribution in [-0.4, -0.2) is 41.1 Å². The molecule has 0 aliphatic heterocycles. The lowest BCUT2D eigenvalue weighted by molar-refractivity contribution is -0.116. The van der Waals surface area contributed by atoms with E-state index in [1.54, 1.807) is 103 Å². The standard InChI is InChI=1S/C40H30N8O9S2/c49-39(50)27-5-9-29(10-6-27)41-43-31-15-19-33(20-16-31)45-47-35-13-3-25(37(23-35)58-57-53)1-2-26-4-14-36(24-38(26)59(54,55)56)48-46-34-21-17-32(18-22-34)44-42-30-11-7-28(8-12-30)40(51)52/h1-24,53-56H,(H,49,50)(H,51,52). The van der Waals surface area contributed by atoms with Crippen molar-refractivity contribution in [3.05, 3.63) is 156 Å². The Balaban J connectivity index is 1.11. The zero-order valence-electron chi connectivity index (χ0n) is 30.2. The number of hydrogen-bond donors (Lipinski definition) is 6. The number of nitrogens with zero attached hydrogens (tertiary/aromatic N) is 8. The van der Waals surface area contributed by atoms with Gasteiger partial charge < -0.3 is 23.9 Å². The fourth-order valence-electron chi connectivity index (χ4n) is 4.95. The van der Waals surface area contributed by atoms with Crippen molar-refractivity contribution >= 4 is 92.5 Å². The van der Waals surface area contributed by atoms with E-state index >= 15 is 0 Å². The maximum Gasteiger partial charge on any atom is 0.335 e. The van der Waals surface area contributed by atoms with E-state index in [2.05, 4.69) is 45.2 Å². The average Bonchev–Trinajstić information content (AvgIpc) is 3.24. The van der Waals surface area contributed by atoms with E-state index in [1.165, 1.54) is 42.5 Å². The molecule has 17 nitrogen and oxygen atoms in total. The van der Waals surface area contributed by atoms with Crippen LogP contribution in [0.5, 0.6) is 0 Å². The third-order valence-corrected chi connectivity index (χ3v) is 9.46. The maximum absolute atomic E-state index is 11.0. The van der Waals surface area contributed by atoms with Gasteiger partial charge in [0.25, 0.3) is 0 Å². The summed E-state index contributed by atoms with van der Waals surface area (Å²) in [5.41, 5.74) is 4.76. The molecule has 6 rings (SSSR count). The van der Waals surface area contributed by atoms with Crippen LogP contribution < -0.4 is 0 Å². The highest BCUT2D eigenvalue weighted by Crippen LogP contribution is 2.47. The molecule has 0 saturated heterocycles. The zero-order valence-corrected chi connectivity index (χ0v) is 31.8. The van der Waals surface area contributed by atoms with Crippen LogP contribution in [0.4, 0.5) is 45.5 Å². The molecule has 0 aliphatic rings. The monoisotopic (exact) mass is 830 g/mol. The van der Waals surface area contributed by atoms with E-state index in [9.17, 15) is 28.5 Å². The fourth-order valence-corrected chi connectivity index (χ4v) is 6.16. The molecular formula is C40H30N8O9S2. The molecule has 0 aliphatic carbocycles. The molecule has 0 amide bonds. The van der Waals surface area contributed by atoms with Crippen molar-refractivity contribution in [2.24, 2.45) is 40.9 Å². The fraction of sp³-hybridized carbons (Fsp3) is 0. The van der Waals surface area contributed by atoms with Crippen LogP contribution in [-0.2, 0) is 4.33 Å². The average molecular weight is 831 g/mol. The van der Waals surface area contributed by atoms with Crippen molar-refractivity contribution in [1.29, 1.82) is 0 Å². The van der Waals surface area contributed by atoms with E-state index < -0.39 is 22.8 Å². The van der Waals surface area contributed by atoms with Crippen LogP contribution in [0.1, 0.15) is 31.8 Å². The summed E-state index contributed by atoms with van der Waals surface area (Å²) in [7, 11) is -4.20. The Hall–Kier alpha value is -7.10. The summed E-state index contributed by atoms with van der Waals surface area (Å²) < 4.78 is 35.1. The molecule has 296 valence electrons. The summed E-state index contributed by atoms with van der Waals surface area (Å²) in [6, 6.07) is 34.6. The third-order valence-electron chi connectivity index (χ3n) is 7.91. The van der Waals surface area contributed by atoms with Gasteiger partial charge in [0.2, 0.25) is 0 Å². The van der Waals surface area contributed by atoms with Crippen LogP contribution in [0, 0.1) is 0 Å². The Kier molecular flexibility index (Phi) is 13.6. The topological polar surface area (TPSA) is 264 Å². The highest BCUT2D eigenvalue weighted by atomic mass is 32.3. The highest BCUT2D eigenvalue weighted by Gasteiger charge is 2.20. The molecule has 6 aromatic carbocycles. The minimum atomic E-state index is -4.20. The molecule has 59 heavy (non-hydrogen) atoms. The van der Waals surface area contributed by atoms with Crippen LogP contribution >= 0.6 is 22.9 Å². The second kappa shape index (κ2) is 19.4. The van der Waals surface area contributed by atoms with Gasteiger partial charge in [-0.25, -0.2) is 14.8 Å². The first-order valence-electron chi connectivity index (χ1n) is 16.9. The van der Waals surface area contributed by atoms with Gasteiger partial charge in [-0.15, -0.1) is 0 Å². The van der Waals surface area contributed by atoms with Crippen LogP contribution in [0.25, 0.3) is 12.2 Å². The summed E-state index contributed by atoms with van der Waals surface area (Å²) in [5.74, 6) is -2.07.